The molecule has 0 saturated carbocycles. The van der Waals surface area contributed by atoms with Crippen molar-refractivity contribution in [2.75, 3.05) is 13.1 Å². The molecule has 0 radical (unpaired) electrons. The zero-order valence-corrected chi connectivity index (χ0v) is 13.0. The summed E-state index contributed by atoms with van der Waals surface area (Å²) in [6.07, 6.45) is 2.02. The van der Waals surface area contributed by atoms with Crippen LogP contribution in [0.15, 0.2) is 54.6 Å². The van der Waals surface area contributed by atoms with Crippen molar-refractivity contribution in [2.45, 2.75) is 25.4 Å². The lowest BCUT2D eigenvalue weighted by atomic mass is 10.0. The molecular formula is C19H21FN2O. The van der Waals surface area contributed by atoms with E-state index in [2.05, 4.69) is 22.3 Å². The Morgan fingerprint density at radius 2 is 2.00 bits per heavy atom. The van der Waals surface area contributed by atoms with Crippen molar-refractivity contribution >= 4 is 5.91 Å². The monoisotopic (exact) mass is 312 g/mol. The summed E-state index contributed by atoms with van der Waals surface area (Å²) < 4.78 is 13.2. The van der Waals surface area contributed by atoms with Crippen LogP contribution in [0.25, 0.3) is 0 Å². The van der Waals surface area contributed by atoms with E-state index in [1.165, 1.54) is 17.7 Å². The molecule has 0 aliphatic carbocycles. The Kier molecular flexibility index (Phi) is 5.03. The van der Waals surface area contributed by atoms with Gasteiger partial charge in [0.2, 0.25) is 0 Å². The Balaban J connectivity index is 1.57. The molecule has 4 heteroatoms. The van der Waals surface area contributed by atoms with E-state index in [1.54, 1.807) is 12.1 Å². The van der Waals surface area contributed by atoms with E-state index in [4.69, 9.17) is 0 Å². The molecule has 0 spiro atoms. The Labute approximate surface area is 136 Å². The third-order valence-electron chi connectivity index (χ3n) is 4.18. The molecule has 1 atom stereocenters. The highest BCUT2D eigenvalue weighted by molar-refractivity contribution is 5.94. The van der Waals surface area contributed by atoms with E-state index in [0.29, 0.717) is 5.56 Å². The maximum atomic E-state index is 13.2. The van der Waals surface area contributed by atoms with Crippen molar-refractivity contribution in [3.05, 3.63) is 71.5 Å². The highest BCUT2D eigenvalue weighted by Gasteiger charge is 2.22. The summed E-state index contributed by atoms with van der Waals surface area (Å²) in [6, 6.07) is 16.3. The van der Waals surface area contributed by atoms with Gasteiger partial charge in [-0.3, -0.25) is 9.69 Å². The predicted octanol–water partition coefficient (Wildman–Crippen LogP) is 3.22. The number of nitrogens with one attached hydrogen (secondary N) is 1. The van der Waals surface area contributed by atoms with Crippen molar-refractivity contribution in [1.29, 1.82) is 0 Å². The molecule has 1 aliphatic rings. The molecule has 1 N–H and O–H groups in total. The predicted molar refractivity (Wildman–Crippen MR) is 88.6 cm³/mol. The van der Waals surface area contributed by atoms with Crippen LogP contribution in [0.4, 0.5) is 4.39 Å². The molecule has 0 bridgehead atoms. The molecule has 1 saturated heterocycles. The van der Waals surface area contributed by atoms with Crippen LogP contribution in [-0.4, -0.2) is 29.9 Å². The van der Waals surface area contributed by atoms with E-state index in [1.807, 2.05) is 18.2 Å². The van der Waals surface area contributed by atoms with Gasteiger partial charge in [0.25, 0.3) is 5.91 Å². The second kappa shape index (κ2) is 7.38. The average molecular weight is 312 g/mol. The van der Waals surface area contributed by atoms with Crippen LogP contribution >= 0.6 is 0 Å². The Hall–Kier alpha value is -2.20. The number of nitrogens with zero attached hydrogens (tertiary/aromatic N) is 1. The minimum atomic E-state index is -0.382. The first-order chi connectivity index (χ1) is 11.2. The summed E-state index contributed by atoms with van der Waals surface area (Å²) in [5.74, 6) is -0.581. The van der Waals surface area contributed by atoms with Crippen molar-refractivity contribution in [2.24, 2.45) is 0 Å². The Morgan fingerprint density at radius 3 is 2.78 bits per heavy atom. The van der Waals surface area contributed by atoms with Gasteiger partial charge in [0.1, 0.15) is 5.82 Å². The number of piperidine rings is 1. The number of rotatable bonds is 4. The van der Waals surface area contributed by atoms with Crippen molar-refractivity contribution in [1.82, 2.24) is 10.2 Å². The van der Waals surface area contributed by atoms with Crippen LogP contribution in [0.5, 0.6) is 0 Å². The largest absolute Gasteiger partial charge is 0.348 e. The quantitative estimate of drug-likeness (QED) is 0.940. The normalized spacial score (nSPS) is 18.6. The van der Waals surface area contributed by atoms with E-state index in [-0.39, 0.29) is 17.8 Å². The highest BCUT2D eigenvalue weighted by atomic mass is 19.1. The number of benzene rings is 2. The van der Waals surface area contributed by atoms with E-state index in [9.17, 15) is 9.18 Å². The first-order valence-electron chi connectivity index (χ1n) is 8.03. The molecule has 2 aromatic carbocycles. The van der Waals surface area contributed by atoms with Gasteiger partial charge in [0.15, 0.2) is 0 Å². The Morgan fingerprint density at radius 1 is 1.17 bits per heavy atom. The van der Waals surface area contributed by atoms with Gasteiger partial charge in [-0.2, -0.15) is 0 Å². The van der Waals surface area contributed by atoms with Crippen LogP contribution in [0.3, 0.4) is 0 Å². The molecule has 1 fully saturated rings. The van der Waals surface area contributed by atoms with Crippen LogP contribution < -0.4 is 5.32 Å². The summed E-state index contributed by atoms with van der Waals surface area (Å²) >= 11 is 0. The number of halogens is 1. The molecule has 23 heavy (non-hydrogen) atoms. The second-order valence-corrected chi connectivity index (χ2v) is 6.04. The summed E-state index contributed by atoms with van der Waals surface area (Å²) in [7, 11) is 0. The smallest absolute Gasteiger partial charge is 0.251 e. The molecular weight excluding hydrogens is 291 g/mol. The zero-order chi connectivity index (χ0) is 16.1. The van der Waals surface area contributed by atoms with Crippen LogP contribution in [0, 0.1) is 5.82 Å². The van der Waals surface area contributed by atoms with Gasteiger partial charge in [0.05, 0.1) is 0 Å². The molecule has 0 unspecified atom stereocenters. The third-order valence-corrected chi connectivity index (χ3v) is 4.18. The lowest BCUT2D eigenvalue weighted by molar-refractivity contribution is 0.0900. The molecule has 3 nitrogen and oxygen atoms in total. The summed E-state index contributed by atoms with van der Waals surface area (Å²) in [4.78, 5) is 14.6. The first kappa shape index (κ1) is 15.7. The standard InChI is InChI=1S/C19H21FN2O/c20-17-9-4-8-16(12-17)19(23)21-18-10-5-11-22(14-18)13-15-6-2-1-3-7-15/h1-4,6-9,12,18H,5,10-11,13-14H2,(H,21,23)/t18-/m0/s1. The molecule has 120 valence electrons. The van der Waals surface area contributed by atoms with Crippen LogP contribution in [0.1, 0.15) is 28.8 Å². The number of carbonyl (C=O) groups excluding carboxylic acids is 1. The lowest BCUT2D eigenvalue weighted by Gasteiger charge is -2.33. The number of amides is 1. The van der Waals surface area contributed by atoms with Crippen LogP contribution in [0.2, 0.25) is 0 Å². The fraction of sp³-hybridized carbons (Fsp3) is 0.316. The van der Waals surface area contributed by atoms with Gasteiger partial charge in [-0.1, -0.05) is 36.4 Å². The molecule has 1 amide bonds. The molecule has 2 aromatic rings. The number of likely N-dealkylation sites (tertiary alicyclic amines) is 1. The molecule has 0 aromatic heterocycles. The van der Waals surface area contributed by atoms with Gasteiger partial charge in [-0.05, 0) is 43.1 Å². The van der Waals surface area contributed by atoms with Crippen molar-refractivity contribution in [3.63, 3.8) is 0 Å². The number of hydrogen-bond donors (Lipinski definition) is 1. The highest BCUT2D eigenvalue weighted by Crippen LogP contribution is 2.14. The summed E-state index contributed by atoms with van der Waals surface area (Å²) in [6.45, 7) is 2.77. The zero-order valence-electron chi connectivity index (χ0n) is 13.0. The number of carbonyl (C=O) groups is 1. The van der Waals surface area contributed by atoms with Crippen molar-refractivity contribution in [3.8, 4) is 0 Å². The van der Waals surface area contributed by atoms with E-state index >= 15 is 0 Å². The first-order valence-corrected chi connectivity index (χ1v) is 8.03. The average Bonchev–Trinajstić information content (AvgIpc) is 2.56. The van der Waals surface area contributed by atoms with Gasteiger partial charge in [0, 0.05) is 24.7 Å². The van der Waals surface area contributed by atoms with Crippen LogP contribution in [-0.2, 0) is 6.54 Å². The maximum Gasteiger partial charge on any atom is 0.251 e. The molecule has 1 aliphatic heterocycles. The van der Waals surface area contributed by atoms with E-state index < -0.39 is 0 Å². The minimum absolute atomic E-state index is 0.114. The van der Waals surface area contributed by atoms with E-state index in [0.717, 1.165) is 32.5 Å². The maximum absolute atomic E-state index is 13.2. The topological polar surface area (TPSA) is 32.3 Å². The van der Waals surface area contributed by atoms with Gasteiger partial charge in [-0.15, -0.1) is 0 Å². The lowest BCUT2D eigenvalue weighted by Crippen LogP contribution is -2.47. The third kappa shape index (κ3) is 4.39. The van der Waals surface area contributed by atoms with Gasteiger partial charge in [-0.25, -0.2) is 4.39 Å². The second-order valence-electron chi connectivity index (χ2n) is 6.04. The minimum Gasteiger partial charge on any atom is -0.348 e. The fourth-order valence-electron chi connectivity index (χ4n) is 3.06. The van der Waals surface area contributed by atoms with Gasteiger partial charge >= 0.3 is 0 Å². The molecule has 1 heterocycles. The fourth-order valence-corrected chi connectivity index (χ4v) is 3.06. The summed E-state index contributed by atoms with van der Waals surface area (Å²) in [5, 5.41) is 3.03. The summed E-state index contributed by atoms with van der Waals surface area (Å²) in [5.41, 5.74) is 1.66. The number of hydrogen-bond acceptors (Lipinski definition) is 2. The van der Waals surface area contributed by atoms with Gasteiger partial charge < -0.3 is 5.32 Å². The Bertz CT molecular complexity index is 659. The molecule has 3 rings (SSSR count). The SMILES string of the molecule is O=C(N[C@H]1CCCN(Cc2ccccc2)C1)c1cccc(F)c1. The van der Waals surface area contributed by atoms with Crippen molar-refractivity contribution < 1.29 is 9.18 Å².